The number of hydrogen-bond acceptors (Lipinski definition) is 6. The number of alkyl halides is 3. The van der Waals surface area contributed by atoms with Crippen LogP contribution in [-0.2, 0) is 6.18 Å². The Morgan fingerprint density at radius 3 is 2.71 bits per heavy atom. The lowest BCUT2D eigenvalue weighted by molar-refractivity contribution is -0.138. The summed E-state index contributed by atoms with van der Waals surface area (Å²) in [5.74, 6) is -0.721. The fourth-order valence-electron chi connectivity index (χ4n) is 3.06. The van der Waals surface area contributed by atoms with Crippen molar-refractivity contribution in [3.05, 3.63) is 40.8 Å². The standard InChI is InChI=1S/C18H15F3N4O2S/c1-9-4-6-25(9)17-23-14(12-5-7-28-15(12)24-17)22-10-2-3-11(16(26)27)13(8-10)18(19,20)21/h2-3,5,7-9H,4,6H2,1H3,(H,26,27)(H,22,23,24)/t9-/m0/s1. The Morgan fingerprint density at radius 1 is 1.32 bits per heavy atom. The Morgan fingerprint density at radius 2 is 2.11 bits per heavy atom. The molecule has 6 nitrogen and oxygen atoms in total. The quantitative estimate of drug-likeness (QED) is 0.649. The Hall–Kier alpha value is -2.88. The zero-order chi connectivity index (χ0) is 20.1. The van der Waals surface area contributed by atoms with Crippen LogP contribution in [0.3, 0.4) is 0 Å². The first kappa shape index (κ1) is 18.5. The maximum Gasteiger partial charge on any atom is 0.417 e. The molecule has 1 atom stereocenters. The number of rotatable bonds is 4. The minimum atomic E-state index is -4.78. The zero-order valence-corrected chi connectivity index (χ0v) is 15.4. The Balaban J connectivity index is 1.76. The van der Waals surface area contributed by atoms with Crippen molar-refractivity contribution in [2.75, 3.05) is 16.8 Å². The summed E-state index contributed by atoms with van der Waals surface area (Å²) in [4.78, 5) is 22.9. The summed E-state index contributed by atoms with van der Waals surface area (Å²) in [6.45, 7) is 2.88. The van der Waals surface area contributed by atoms with Crippen molar-refractivity contribution >= 4 is 45.0 Å². The van der Waals surface area contributed by atoms with Crippen LogP contribution in [0.1, 0.15) is 29.3 Å². The average molecular weight is 408 g/mol. The summed E-state index contributed by atoms with van der Waals surface area (Å²) < 4.78 is 39.8. The maximum atomic E-state index is 13.3. The zero-order valence-electron chi connectivity index (χ0n) is 14.6. The number of carboxylic acid groups (broad SMARTS) is 1. The summed E-state index contributed by atoms with van der Waals surface area (Å²) in [5.41, 5.74) is -1.90. The van der Waals surface area contributed by atoms with Crippen LogP contribution in [0, 0.1) is 0 Å². The number of aromatic nitrogens is 2. The number of hydrogen-bond donors (Lipinski definition) is 2. The van der Waals surface area contributed by atoms with Crippen LogP contribution in [0.25, 0.3) is 10.2 Å². The molecule has 0 unspecified atom stereocenters. The average Bonchev–Trinajstić information content (AvgIpc) is 3.08. The number of nitrogens with one attached hydrogen (secondary N) is 1. The molecule has 0 bridgehead atoms. The lowest BCUT2D eigenvalue weighted by Gasteiger charge is -2.38. The first-order valence-corrected chi connectivity index (χ1v) is 9.35. The predicted octanol–water partition coefficient (Wildman–Crippen LogP) is 4.75. The molecule has 3 aromatic rings. The van der Waals surface area contributed by atoms with Crippen LogP contribution in [0.2, 0.25) is 0 Å². The van der Waals surface area contributed by atoms with E-state index in [1.54, 1.807) is 6.07 Å². The fourth-order valence-corrected chi connectivity index (χ4v) is 3.82. The van der Waals surface area contributed by atoms with E-state index < -0.39 is 23.3 Å². The van der Waals surface area contributed by atoms with Gasteiger partial charge in [-0.05, 0) is 43.0 Å². The van der Waals surface area contributed by atoms with Crippen LogP contribution >= 0.6 is 11.3 Å². The van der Waals surface area contributed by atoms with Crippen LogP contribution in [0.4, 0.5) is 30.6 Å². The third-order valence-electron chi connectivity index (χ3n) is 4.71. The van der Waals surface area contributed by atoms with E-state index in [-0.39, 0.29) is 5.69 Å². The van der Waals surface area contributed by atoms with E-state index in [0.29, 0.717) is 23.2 Å². The van der Waals surface area contributed by atoms with Crippen molar-refractivity contribution in [1.29, 1.82) is 0 Å². The van der Waals surface area contributed by atoms with E-state index in [9.17, 15) is 18.0 Å². The molecule has 10 heteroatoms. The highest BCUT2D eigenvalue weighted by molar-refractivity contribution is 7.16. The molecule has 4 rings (SSSR count). The van der Waals surface area contributed by atoms with Gasteiger partial charge in [0.25, 0.3) is 0 Å². The highest BCUT2D eigenvalue weighted by atomic mass is 32.1. The van der Waals surface area contributed by atoms with Gasteiger partial charge in [0.2, 0.25) is 5.95 Å². The summed E-state index contributed by atoms with van der Waals surface area (Å²) >= 11 is 1.42. The third kappa shape index (κ3) is 3.24. The summed E-state index contributed by atoms with van der Waals surface area (Å²) in [6, 6.07) is 5.12. The maximum absolute atomic E-state index is 13.3. The molecule has 0 aliphatic carbocycles. The number of fused-ring (bicyclic) bond motifs is 1. The molecule has 0 spiro atoms. The van der Waals surface area contributed by atoms with Gasteiger partial charge < -0.3 is 15.3 Å². The molecule has 2 N–H and O–H groups in total. The normalized spacial score (nSPS) is 16.9. The van der Waals surface area contributed by atoms with Crippen LogP contribution in [0.15, 0.2) is 29.6 Å². The van der Waals surface area contributed by atoms with E-state index in [0.717, 1.165) is 29.9 Å². The topological polar surface area (TPSA) is 78.4 Å². The molecule has 1 aliphatic heterocycles. The molecule has 2 aromatic heterocycles. The molecular formula is C18H15F3N4O2S. The van der Waals surface area contributed by atoms with Crippen LogP contribution in [-0.4, -0.2) is 33.6 Å². The van der Waals surface area contributed by atoms with E-state index in [2.05, 4.69) is 22.2 Å². The van der Waals surface area contributed by atoms with Gasteiger partial charge in [0.15, 0.2) is 0 Å². The molecule has 146 valence electrons. The van der Waals surface area contributed by atoms with E-state index in [4.69, 9.17) is 5.11 Å². The second-order valence-electron chi connectivity index (χ2n) is 6.53. The Bertz CT molecular complexity index is 1070. The van der Waals surface area contributed by atoms with Gasteiger partial charge in [-0.25, -0.2) is 9.78 Å². The predicted molar refractivity (Wildman–Crippen MR) is 101 cm³/mol. The van der Waals surface area contributed by atoms with E-state index >= 15 is 0 Å². The Kier molecular flexibility index (Phi) is 4.37. The number of nitrogens with zero attached hydrogens (tertiary/aromatic N) is 3. The number of thiophene rings is 1. The van der Waals surface area contributed by atoms with Gasteiger partial charge in [0.1, 0.15) is 10.6 Å². The molecule has 3 heterocycles. The second-order valence-corrected chi connectivity index (χ2v) is 7.43. The fraction of sp³-hybridized carbons (Fsp3) is 0.278. The molecule has 1 saturated heterocycles. The Labute approximate surface area is 161 Å². The number of anilines is 3. The van der Waals surface area contributed by atoms with Crippen LogP contribution in [0.5, 0.6) is 0 Å². The minimum Gasteiger partial charge on any atom is -0.478 e. The van der Waals surface area contributed by atoms with Gasteiger partial charge in [0, 0.05) is 18.3 Å². The highest BCUT2D eigenvalue weighted by Gasteiger charge is 2.35. The van der Waals surface area contributed by atoms with E-state index in [1.807, 2.05) is 10.3 Å². The SMILES string of the molecule is C[C@H]1CCN1c1nc(Nc2ccc(C(=O)O)c(C(F)(F)F)c2)c2ccsc2n1. The van der Waals surface area contributed by atoms with Crippen molar-refractivity contribution in [3.63, 3.8) is 0 Å². The van der Waals surface area contributed by atoms with Crippen molar-refractivity contribution in [2.45, 2.75) is 25.6 Å². The third-order valence-corrected chi connectivity index (χ3v) is 5.51. The first-order chi connectivity index (χ1) is 13.2. The molecule has 0 amide bonds. The minimum absolute atomic E-state index is 0.103. The monoisotopic (exact) mass is 408 g/mol. The molecule has 28 heavy (non-hydrogen) atoms. The number of benzene rings is 1. The highest BCUT2D eigenvalue weighted by Crippen LogP contribution is 2.36. The van der Waals surface area contributed by atoms with Gasteiger partial charge in [-0.15, -0.1) is 11.3 Å². The van der Waals surface area contributed by atoms with E-state index in [1.165, 1.54) is 17.4 Å². The molecule has 1 fully saturated rings. The number of halogens is 3. The molecular weight excluding hydrogens is 393 g/mol. The molecule has 0 saturated carbocycles. The smallest absolute Gasteiger partial charge is 0.417 e. The van der Waals surface area contributed by atoms with Gasteiger partial charge in [-0.3, -0.25) is 0 Å². The summed E-state index contributed by atoms with van der Waals surface area (Å²) in [5, 5.41) is 14.5. The van der Waals surface area contributed by atoms with Crippen molar-refractivity contribution < 1.29 is 23.1 Å². The van der Waals surface area contributed by atoms with Gasteiger partial charge in [0.05, 0.1) is 16.5 Å². The van der Waals surface area contributed by atoms with Gasteiger partial charge in [-0.1, -0.05) is 0 Å². The summed E-state index contributed by atoms with van der Waals surface area (Å²) in [7, 11) is 0. The van der Waals surface area contributed by atoms with Crippen molar-refractivity contribution in [1.82, 2.24) is 9.97 Å². The lowest BCUT2D eigenvalue weighted by Crippen LogP contribution is -2.46. The van der Waals surface area contributed by atoms with Crippen molar-refractivity contribution in [3.8, 4) is 0 Å². The number of carboxylic acids is 1. The molecule has 1 aromatic carbocycles. The number of aromatic carboxylic acids is 1. The van der Waals surface area contributed by atoms with Crippen LogP contribution < -0.4 is 10.2 Å². The first-order valence-electron chi connectivity index (χ1n) is 8.47. The van der Waals surface area contributed by atoms with Gasteiger partial charge >= 0.3 is 12.1 Å². The lowest BCUT2D eigenvalue weighted by atomic mass is 10.1. The van der Waals surface area contributed by atoms with Crippen molar-refractivity contribution in [2.24, 2.45) is 0 Å². The summed E-state index contributed by atoms with van der Waals surface area (Å²) in [6.07, 6.45) is -3.76. The number of carbonyl (C=O) groups is 1. The second kappa shape index (κ2) is 6.62. The largest absolute Gasteiger partial charge is 0.478 e. The molecule has 0 radical (unpaired) electrons. The van der Waals surface area contributed by atoms with Gasteiger partial charge in [-0.2, -0.15) is 18.2 Å². The molecule has 1 aliphatic rings.